The molecule has 0 aliphatic carbocycles. The molecule has 0 aromatic heterocycles. The molecule has 1 aromatic rings. The summed E-state index contributed by atoms with van der Waals surface area (Å²) in [6, 6.07) is 3.88. The van der Waals surface area contributed by atoms with Crippen molar-refractivity contribution in [2.24, 2.45) is 0 Å². The Labute approximate surface area is 81.3 Å². The first-order chi connectivity index (χ1) is 6.04. The van der Waals surface area contributed by atoms with Gasteiger partial charge in [-0.15, -0.1) is 0 Å². The van der Waals surface area contributed by atoms with E-state index in [0.29, 0.717) is 0 Å². The van der Waals surface area contributed by atoms with E-state index in [-0.39, 0.29) is 10.0 Å². The molecule has 1 N–H and O–H groups in total. The average Bonchev–Trinajstić information content (AvgIpc) is 2.02. The van der Waals surface area contributed by atoms with Crippen LogP contribution in [-0.4, -0.2) is 11.1 Å². The molecule has 0 aliphatic rings. The van der Waals surface area contributed by atoms with Crippen molar-refractivity contribution in [1.29, 1.82) is 0 Å². The number of benzene rings is 1. The summed E-state index contributed by atoms with van der Waals surface area (Å²) in [6.07, 6.45) is -2.77. The van der Waals surface area contributed by atoms with E-state index in [1.54, 1.807) is 0 Å². The summed E-state index contributed by atoms with van der Waals surface area (Å²) >= 11 is 2.90. The van der Waals surface area contributed by atoms with Crippen molar-refractivity contribution < 1.29 is 18.7 Å². The molecule has 1 aromatic carbocycles. The Hall–Kier alpha value is -0.970. The summed E-state index contributed by atoms with van der Waals surface area (Å²) in [6.45, 7) is 0. The fourth-order valence-corrected chi connectivity index (χ4v) is 1.50. The number of hydrogen-bond donors (Lipinski definition) is 1. The van der Waals surface area contributed by atoms with E-state index in [1.165, 1.54) is 12.1 Å². The number of halogens is 3. The molecule has 2 nitrogen and oxygen atoms in total. The molecule has 13 heavy (non-hydrogen) atoms. The number of carboxylic acids is 1. The summed E-state index contributed by atoms with van der Waals surface area (Å²) in [7, 11) is 0. The van der Waals surface area contributed by atoms with Crippen LogP contribution in [0.25, 0.3) is 0 Å². The minimum atomic E-state index is -2.77. The van der Waals surface area contributed by atoms with Crippen LogP contribution in [0.4, 0.5) is 8.78 Å². The predicted octanol–water partition coefficient (Wildman–Crippen LogP) is 3.08. The van der Waals surface area contributed by atoms with Crippen molar-refractivity contribution in [3.8, 4) is 0 Å². The molecule has 0 unspecified atom stereocenters. The van der Waals surface area contributed by atoms with E-state index in [4.69, 9.17) is 5.11 Å². The van der Waals surface area contributed by atoms with Crippen LogP contribution >= 0.6 is 15.9 Å². The second-order valence-corrected chi connectivity index (χ2v) is 3.16. The number of alkyl halides is 2. The van der Waals surface area contributed by atoms with Crippen LogP contribution in [0.5, 0.6) is 0 Å². The molecular weight excluding hydrogens is 246 g/mol. The molecule has 5 heteroatoms. The van der Waals surface area contributed by atoms with Crippen LogP contribution < -0.4 is 0 Å². The molecule has 0 amide bonds. The maximum absolute atomic E-state index is 12.3. The first-order valence-corrected chi connectivity index (χ1v) is 4.13. The van der Waals surface area contributed by atoms with Crippen LogP contribution in [-0.2, 0) is 0 Å². The zero-order valence-corrected chi connectivity index (χ0v) is 7.88. The lowest BCUT2D eigenvalue weighted by Gasteiger charge is -2.05. The summed E-state index contributed by atoms with van der Waals surface area (Å²) in [5, 5.41) is 8.63. The number of carbonyl (C=O) groups is 1. The van der Waals surface area contributed by atoms with Gasteiger partial charge < -0.3 is 5.11 Å². The van der Waals surface area contributed by atoms with E-state index >= 15 is 0 Å². The third kappa shape index (κ3) is 2.03. The molecule has 0 saturated carbocycles. The van der Waals surface area contributed by atoms with Gasteiger partial charge in [-0.2, -0.15) is 0 Å². The molecule has 0 spiro atoms. The van der Waals surface area contributed by atoms with Gasteiger partial charge in [0.15, 0.2) is 0 Å². The van der Waals surface area contributed by atoms with Crippen molar-refractivity contribution in [2.75, 3.05) is 0 Å². The van der Waals surface area contributed by atoms with Crippen molar-refractivity contribution in [3.05, 3.63) is 33.8 Å². The maximum Gasteiger partial charge on any atom is 0.337 e. The van der Waals surface area contributed by atoms with E-state index in [2.05, 4.69) is 15.9 Å². The van der Waals surface area contributed by atoms with Crippen molar-refractivity contribution in [1.82, 2.24) is 0 Å². The molecule has 1 rings (SSSR count). The number of carboxylic acid groups (broad SMARTS) is 1. The maximum atomic E-state index is 12.3. The van der Waals surface area contributed by atoms with Gasteiger partial charge in [0, 0.05) is 10.0 Å². The Balaban J connectivity index is 3.34. The van der Waals surface area contributed by atoms with Gasteiger partial charge in [0.2, 0.25) is 0 Å². The molecule has 0 radical (unpaired) electrons. The molecule has 0 saturated heterocycles. The van der Waals surface area contributed by atoms with E-state index in [9.17, 15) is 13.6 Å². The fraction of sp³-hybridized carbons (Fsp3) is 0.125. The normalized spacial score (nSPS) is 10.5. The average molecular weight is 251 g/mol. The van der Waals surface area contributed by atoms with Crippen molar-refractivity contribution in [2.45, 2.75) is 6.43 Å². The molecule has 0 bridgehead atoms. The summed E-state index contributed by atoms with van der Waals surface area (Å²) in [4.78, 5) is 10.6. The van der Waals surface area contributed by atoms with E-state index < -0.39 is 18.0 Å². The van der Waals surface area contributed by atoms with Crippen LogP contribution in [0.2, 0.25) is 0 Å². The minimum absolute atomic E-state index is 0.165. The van der Waals surface area contributed by atoms with Gasteiger partial charge in [0.1, 0.15) is 0 Å². The highest BCUT2D eigenvalue weighted by Crippen LogP contribution is 2.28. The smallest absolute Gasteiger partial charge is 0.337 e. The van der Waals surface area contributed by atoms with Crippen molar-refractivity contribution >= 4 is 21.9 Å². The Morgan fingerprint density at radius 3 is 2.46 bits per heavy atom. The SMILES string of the molecule is O=C(O)c1c(Br)cccc1C(F)F. The van der Waals surface area contributed by atoms with Crippen LogP contribution in [0.1, 0.15) is 22.3 Å². The van der Waals surface area contributed by atoms with Gasteiger partial charge in [-0.25, -0.2) is 13.6 Å². The largest absolute Gasteiger partial charge is 0.478 e. The summed E-state index contributed by atoms with van der Waals surface area (Å²) in [5.74, 6) is -1.36. The van der Waals surface area contributed by atoms with Gasteiger partial charge in [-0.1, -0.05) is 12.1 Å². The predicted molar refractivity (Wildman–Crippen MR) is 46.1 cm³/mol. The fourth-order valence-electron chi connectivity index (χ4n) is 0.948. The molecule has 0 atom stereocenters. The van der Waals surface area contributed by atoms with E-state index in [0.717, 1.165) is 6.07 Å². The standard InChI is InChI=1S/C8H5BrF2O2/c9-5-3-1-2-4(7(10)11)6(5)8(12)13/h1-3,7H,(H,12,13). The van der Waals surface area contributed by atoms with Gasteiger partial charge in [-0.05, 0) is 22.0 Å². The summed E-state index contributed by atoms with van der Waals surface area (Å²) < 4.78 is 24.7. The Kier molecular flexibility index (Phi) is 2.98. The van der Waals surface area contributed by atoms with Crippen molar-refractivity contribution in [3.63, 3.8) is 0 Å². The van der Waals surface area contributed by atoms with Gasteiger partial charge in [0.05, 0.1) is 5.56 Å². The Bertz CT molecular complexity index is 339. The lowest BCUT2D eigenvalue weighted by atomic mass is 10.1. The molecular formula is C8H5BrF2O2. The lowest BCUT2D eigenvalue weighted by molar-refractivity contribution is 0.0683. The quantitative estimate of drug-likeness (QED) is 0.876. The monoisotopic (exact) mass is 250 g/mol. The third-order valence-corrected chi connectivity index (χ3v) is 2.16. The lowest BCUT2D eigenvalue weighted by Crippen LogP contribution is -2.03. The zero-order valence-electron chi connectivity index (χ0n) is 6.30. The van der Waals surface area contributed by atoms with Gasteiger partial charge in [0.25, 0.3) is 6.43 Å². The summed E-state index contributed by atoms with van der Waals surface area (Å²) in [5.41, 5.74) is -0.848. The second-order valence-electron chi connectivity index (χ2n) is 2.31. The number of aromatic carboxylic acids is 1. The molecule has 0 heterocycles. The first-order valence-electron chi connectivity index (χ1n) is 3.34. The Morgan fingerprint density at radius 1 is 1.46 bits per heavy atom. The topological polar surface area (TPSA) is 37.3 Å². The van der Waals surface area contributed by atoms with Crippen LogP contribution in [0.15, 0.2) is 22.7 Å². The number of hydrogen-bond acceptors (Lipinski definition) is 1. The van der Waals surface area contributed by atoms with Crippen LogP contribution in [0.3, 0.4) is 0 Å². The minimum Gasteiger partial charge on any atom is -0.478 e. The zero-order chi connectivity index (χ0) is 10.0. The highest BCUT2D eigenvalue weighted by Gasteiger charge is 2.19. The first kappa shape index (κ1) is 10.1. The second kappa shape index (κ2) is 3.83. The van der Waals surface area contributed by atoms with E-state index in [1.807, 2.05) is 0 Å². The van der Waals surface area contributed by atoms with Crippen LogP contribution in [0, 0.1) is 0 Å². The molecule has 0 aliphatic heterocycles. The van der Waals surface area contributed by atoms with Gasteiger partial charge in [-0.3, -0.25) is 0 Å². The highest BCUT2D eigenvalue weighted by molar-refractivity contribution is 9.10. The molecule has 0 fully saturated rings. The van der Waals surface area contributed by atoms with Gasteiger partial charge >= 0.3 is 5.97 Å². The number of rotatable bonds is 2. The highest BCUT2D eigenvalue weighted by atomic mass is 79.9. The Morgan fingerprint density at radius 2 is 2.08 bits per heavy atom. The molecule has 70 valence electrons. The third-order valence-electron chi connectivity index (χ3n) is 1.49.